The van der Waals surface area contributed by atoms with Gasteiger partial charge in [0.25, 0.3) is 0 Å². The average molecular weight is 330 g/mol. The first-order chi connectivity index (χ1) is 11.3. The van der Waals surface area contributed by atoms with Crippen LogP contribution in [-0.4, -0.2) is 23.8 Å². The van der Waals surface area contributed by atoms with Gasteiger partial charge in [-0.25, -0.2) is 4.79 Å². The second-order valence-electron chi connectivity index (χ2n) is 8.02. The maximum Gasteiger partial charge on any atom is 0.334 e. The van der Waals surface area contributed by atoms with Crippen LogP contribution in [-0.2, 0) is 14.3 Å². The van der Waals surface area contributed by atoms with Crippen LogP contribution in [0.4, 0.5) is 0 Å². The average Bonchev–Trinajstić information content (AvgIpc) is 3.08. The Kier molecular flexibility index (Phi) is 4.74. The van der Waals surface area contributed by atoms with Crippen molar-refractivity contribution in [1.82, 2.24) is 0 Å². The molecule has 2 aliphatic heterocycles. The SMILES string of the molecule is C=C1C(=O)O[C@H]2[C@H](C)C(C)=CCCC(C)=CCC[C@]3(C)O[C@@H]3C[C@@H]12. The maximum atomic E-state index is 12.1. The summed E-state index contributed by atoms with van der Waals surface area (Å²) in [6.07, 6.45) is 9.84. The van der Waals surface area contributed by atoms with Crippen molar-refractivity contribution in [2.75, 3.05) is 0 Å². The summed E-state index contributed by atoms with van der Waals surface area (Å²) in [7, 11) is 0. The van der Waals surface area contributed by atoms with Crippen LogP contribution in [0.5, 0.6) is 0 Å². The molecule has 0 saturated carbocycles. The summed E-state index contributed by atoms with van der Waals surface area (Å²) in [6.45, 7) is 12.7. The minimum Gasteiger partial charge on any atom is -0.458 e. The Morgan fingerprint density at radius 1 is 1.25 bits per heavy atom. The highest BCUT2D eigenvalue weighted by molar-refractivity contribution is 5.90. The minimum atomic E-state index is -0.228. The molecule has 2 heterocycles. The second-order valence-corrected chi connectivity index (χ2v) is 8.02. The van der Waals surface area contributed by atoms with Crippen LogP contribution in [0.3, 0.4) is 0 Å². The van der Waals surface area contributed by atoms with Gasteiger partial charge in [0.2, 0.25) is 0 Å². The maximum absolute atomic E-state index is 12.1. The number of esters is 1. The molecule has 0 unspecified atom stereocenters. The summed E-state index contributed by atoms with van der Waals surface area (Å²) in [5.74, 6) is 0.0622. The highest BCUT2D eigenvalue weighted by atomic mass is 16.6. The van der Waals surface area contributed by atoms with Gasteiger partial charge in [-0.15, -0.1) is 0 Å². The number of ether oxygens (including phenoxy) is 2. The number of hydrogen-bond acceptors (Lipinski definition) is 3. The highest BCUT2D eigenvalue weighted by Gasteiger charge is 2.55. The fourth-order valence-electron chi connectivity index (χ4n) is 4.08. The fraction of sp³-hybridized carbons (Fsp3) is 0.667. The zero-order valence-electron chi connectivity index (χ0n) is 15.4. The van der Waals surface area contributed by atoms with E-state index in [4.69, 9.17) is 9.47 Å². The van der Waals surface area contributed by atoms with Crippen molar-refractivity contribution in [3.63, 3.8) is 0 Å². The molecule has 0 amide bonds. The predicted octanol–water partition coefficient (Wildman–Crippen LogP) is 4.73. The normalized spacial score (nSPS) is 40.7. The van der Waals surface area contributed by atoms with Crippen LogP contribution in [0.2, 0.25) is 0 Å². The lowest BCUT2D eigenvalue weighted by Gasteiger charge is -2.25. The van der Waals surface area contributed by atoms with Gasteiger partial charge in [0.1, 0.15) is 6.10 Å². The Labute approximate surface area is 145 Å². The van der Waals surface area contributed by atoms with Crippen molar-refractivity contribution in [2.45, 2.75) is 77.6 Å². The van der Waals surface area contributed by atoms with E-state index in [-0.39, 0.29) is 35.6 Å². The van der Waals surface area contributed by atoms with Crippen molar-refractivity contribution in [1.29, 1.82) is 0 Å². The Bertz CT molecular complexity index is 600. The van der Waals surface area contributed by atoms with Gasteiger partial charge in [-0.2, -0.15) is 0 Å². The Hall–Kier alpha value is -1.35. The van der Waals surface area contributed by atoms with Gasteiger partial charge >= 0.3 is 5.97 Å². The van der Waals surface area contributed by atoms with E-state index in [0.29, 0.717) is 5.57 Å². The molecule has 2 fully saturated rings. The van der Waals surface area contributed by atoms with Crippen LogP contribution in [0, 0.1) is 11.8 Å². The molecule has 0 bridgehead atoms. The molecule has 5 atom stereocenters. The Morgan fingerprint density at radius 3 is 2.75 bits per heavy atom. The third kappa shape index (κ3) is 3.37. The third-order valence-corrected chi connectivity index (χ3v) is 6.20. The summed E-state index contributed by atoms with van der Waals surface area (Å²) in [5.41, 5.74) is 3.33. The molecule has 24 heavy (non-hydrogen) atoms. The summed E-state index contributed by atoms with van der Waals surface area (Å²) in [4.78, 5) is 12.1. The fourth-order valence-corrected chi connectivity index (χ4v) is 4.08. The first kappa shape index (κ1) is 17.5. The first-order valence-corrected chi connectivity index (χ1v) is 9.21. The van der Waals surface area contributed by atoms with Gasteiger partial charge in [-0.05, 0) is 52.9 Å². The van der Waals surface area contributed by atoms with Crippen LogP contribution < -0.4 is 0 Å². The number of rotatable bonds is 0. The van der Waals surface area contributed by atoms with E-state index in [1.165, 1.54) is 11.1 Å². The monoisotopic (exact) mass is 330 g/mol. The van der Waals surface area contributed by atoms with Crippen LogP contribution in [0.25, 0.3) is 0 Å². The van der Waals surface area contributed by atoms with Gasteiger partial charge in [0, 0.05) is 17.4 Å². The van der Waals surface area contributed by atoms with Crippen LogP contribution in [0.1, 0.15) is 59.8 Å². The zero-order chi connectivity index (χ0) is 17.5. The molecule has 3 nitrogen and oxygen atoms in total. The molecule has 0 N–H and O–H groups in total. The molecule has 0 spiro atoms. The van der Waals surface area contributed by atoms with Gasteiger partial charge in [0.05, 0.1) is 11.7 Å². The molecule has 3 rings (SSSR count). The van der Waals surface area contributed by atoms with Crippen LogP contribution >= 0.6 is 0 Å². The Morgan fingerprint density at radius 2 is 2.00 bits per heavy atom. The molecular formula is C21H30O3. The molecule has 3 aliphatic rings. The molecule has 2 saturated heterocycles. The van der Waals surface area contributed by atoms with E-state index in [2.05, 4.69) is 46.4 Å². The third-order valence-electron chi connectivity index (χ3n) is 6.20. The molecule has 0 radical (unpaired) electrons. The molecule has 0 aromatic heterocycles. The Balaban J connectivity index is 1.84. The van der Waals surface area contributed by atoms with Gasteiger partial charge in [-0.1, -0.05) is 36.8 Å². The molecule has 132 valence electrons. The van der Waals surface area contributed by atoms with E-state index >= 15 is 0 Å². The number of hydrogen-bond donors (Lipinski definition) is 0. The first-order valence-electron chi connectivity index (χ1n) is 9.21. The van der Waals surface area contributed by atoms with E-state index in [9.17, 15) is 4.79 Å². The number of carbonyl (C=O) groups excluding carboxylic acids is 1. The van der Waals surface area contributed by atoms with E-state index in [0.717, 1.165) is 32.1 Å². The highest BCUT2D eigenvalue weighted by Crippen LogP contribution is 2.48. The van der Waals surface area contributed by atoms with Gasteiger partial charge in [-0.3, -0.25) is 0 Å². The van der Waals surface area contributed by atoms with Crippen molar-refractivity contribution in [3.8, 4) is 0 Å². The number of fused-ring (bicyclic) bond motifs is 2. The smallest absolute Gasteiger partial charge is 0.334 e. The zero-order valence-corrected chi connectivity index (χ0v) is 15.4. The van der Waals surface area contributed by atoms with E-state index in [1.54, 1.807) is 0 Å². The predicted molar refractivity (Wildman–Crippen MR) is 95.6 cm³/mol. The van der Waals surface area contributed by atoms with Gasteiger partial charge < -0.3 is 9.47 Å². The largest absolute Gasteiger partial charge is 0.458 e. The number of epoxide rings is 1. The quantitative estimate of drug-likeness (QED) is 0.279. The lowest BCUT2D eigenvalue weighted by atomic mass is 9.81. The van der Waals surface area contributed by atoms with E-state index in [1.807, 2.05) is 0 Å². The van der Waals surface area contributed by atoms with Crippen LogP contribution in [0.15, 0.2) is 35.5 Å². The van der Waals surface area contributed by atoms with E-state index < -0.39 is 0 Å². The molecule has 1 aliphatic carbocycles. The summed E-state index contributed by atoms with van der Waals surface area (Å²) < 4.78 is 11.7. The lowest BCUT2D eigenvalue weighted by Crippen LogP contribution is -2.28. The summed E-state index contributed by atoms with van der Waals surface area (Å²) in [6, 6.07) is 0. The standard InChI is InChI=1S/C21H30O3/c1-13-8-6-10-14(2)15(3)19-17(16(4)20(22)23-19)12-18-21(5,24-18)11-7-9-13/h9-10,15,17-19H,4,6-8,11-12H2,1-3,5H3/t15-,17+,18-,19+,21+/m1/s1. The van der Waals surface area contributed by atoms with Crippen molar-refractivity contribution in [3.05, 3.63) is 35.5 Å². The molecular weight excluding hydrogens is 300 g/mol. The number of allylic oxidation sites excluding steroid dienone is 3. The lowest BCUT2D eigenvalue weighted by molar-refractivity contribution is -0.140. The molecule has 0 aromatic rings. The van der Waals surface area contributed by atoms with Crippen molar-refractivity contribution >= 4 is 5.97 Å². The second kappa shape index (κ2) is 6.51. The van der Waals surface area contributed by atoms with Crippen molar-refractivity contribution in [2.24, 2.45) is 11.8 Å². The van der Waals surface area contributed by atoms with Crippen molar-refractivity contribution < 1.29 is 14.3 Å². The molecule has 0 aromatic carbocycles. The molecule has 3 heteroatoms. The number of carbonyl (C=O) groups is 1. The minimum absolute atomic E-state index is 0.0501. The van der Waals surface area contributed by atoms with Gasteiger partial charge in [0.15, 0.2) is 0 Å². The summed E-state index contributed by atoms with van der Waals surface area (Å²) in [5, 5.41) is 0. The summed E-state index contributed by atoms with van der Waals surface area (Å²) >= 11 is 0. The topological polar surface area (TPSA) is 38.8 Å².